The second-order valence-electron chi connectivity index (χ2n) is 15.2. The third kappa shape index (κ3) is 14.0. The van der Waals surface area contributed by atoms with E-state index < -0.39 is 58.6 Å². The summed E-state index contributed by atoms with van der Waals surface area (Å²) in [4.78, 5) is 68.6. The predicted octanol–water partition coefficient (Wildman–Crippen LogP) is 3.08. The highest BCUT2D eigenvalue weighted by atomic mass is 32.2. The van der Waals surface area contributed by atoms with Crippen molar-refractivity contribution in [3.8, 4) is 0 Å². The van der Waals surface area contributed by atoms with Crippen LogP contribution in [0.4, 0.5) is 4.79 Å². The number of urea groups is 1. The molecule has 0 aromatic carbocycles. The van der Waals surface area contributed by atoms with Gasteiger partial charge in [-0.05, 0) is 54.9 Å². The van der Waals surface area contributed by atoms with Crippen LogP contribution < -0.4 is 26.6 Å². The van der Waals surface area contributed by atoms with Crippen molar-refractivity contribution in [1.82, 2.24) is 31.5 Å². The molecule has 0 aliphatic carbocycles. The first-order chi connectivity index (χ1) is 22.3. The number of ketones is 1. The number of likely N-dealkylation sites (tertiary alicyclic amines) is 1. The van der Waals surface area contributed by atoms with E-state index in [2.05, 4.69) is 33.2 Å². The molecule has 48 heavy (non-hydrogen) atoms. The molecule has 1 unspecified atom stereocenters. The van der Waals surface area contributed by atoms with Gasteiger partial charge in [-0.15, -0.1) is 6.58 Å². The third-order valence-corrected chi connectivity index (χ3v) is 9.37. The zero-order chi connectivity index (χ0) is 36.8. The van der Waals surface area contributed by atoms with E-state index in [0.717, 1.165) is 6.42 Å². The number of nitrogens with zero attached hydrogens (tertiary/aromatic N) is 1. The molecule has 0 aromatic heterocycles. The molecule has 1 heterocycles. The number of nitrogens with one attached hydrogen (secondary N) is 5. The minimum Gasteiger partial charge on any atom is -0.346 e. The first-order valence-electron chi connectivity index (χ1n) is 17.2. The zero-order valence-corrected chi connectivity index (χ0v) is 31.4. The van der Waals surface area contributed by atoms with E-state index in [-0.39, 0.29) is 42.2 Å². The fourth-order valence-corrected chi connectivity index (χ4v) is 6.23. The molecule has 0 spiro atoms. The Hall–Kier alpha value is -2.68. The molecular formula is C34H63N6O7S+. The molecule has 0 radical (unpaired) electrons. The van der Waals surface area contributed by atoms with Crippen LogP contribution in [-0.2, 0) is 30.6 Å². The maximum Gasteiger partial charge on any atom is 0.315 e. The largest absolute Gasteiger partial charge is 0.346 e. The van der Waals surface area contributed by atoms with Gasteiger partial charge in [0.2, 0.25) is 17.6 Å². The lowest BCUT2D eigenvalue weighted by Gasteiger charge is -2.38. The maximum absolute atomic E-state index is 14.3. The van der Waals surface area contributed by atoms with Gasteiger partial charge >= 0.3 is 17.5 Å². The summed E-state index contributed by atoms with van der Waals surface area (Å²) in [6, 6.07) is -3.67. The molecule has 1 fully saturated rings. The van der Waals surface area contributed by atoms with Gasteiger partial charge in [-0.25, -0.2) is 4.79 Å². The van der Waals surface area contributed by atoms with Crippen LogP contribution in [0.5, 0.6) is 0 Å². The zero-order valence-electron chi connectivity index (χ0n) is 30.6. The topological polar surface area (TPSA) is 189 Å². The van der Waals surface area contributed by atoms with Crippen LogP contribution in [0.15, 0.2) is 12.7 Å². The van der Waals surface area contributed by atoms with E-state index >= 15 is 0 Å². The summed E-state index contributed by atoms with van der Waals surface area (Å²) in [6.45, 7) is 22.5. The maximum atomic E-state index is 14.3. The summed E-state index contributed by atoms with van der Waals surface area (Å²) in [5, 5.41) is 14.5. The van der Waals surface area contributed by atoms with Crippen molar-refractivity contribution < 1.29 is 33.1 Å². The monoisotopic (exact) mass is 699 g/mol. The molecule has 5 atom stereocenters. The Morgan fingerprint density at radius 2 is 1.62 bits per heavy atom. The number of hydrogen-bond acceptors (Lipinski definition) is 8. The Kier molecular flexibility index (Phi) is 18.2. The molecule has 1 aliphatic rings. The van der Waals surface area contributed by atoms with Crippen molar-refractivity contribution in [2.75, 3.05) is 31.9 Å². The number of carbonyl (C=O) groups is 5. The number of rotatable bonds is 19. The normalized spacial score (nSPS) is 18.6. The van der Waals surface area contributed by atoms with Crippen LogP contribution in [0.25, 0.3) is 0 Å². The lowest BCUT2D eigenvalue weighted by atomic mass is 9.84. The van der Waals surface area contributed by atoms with E-state index in [1.807, 2.05) is 62.3 Å². The average Bonchev–Trinajstić information content (AvgIpc) is 3.43. The quantitative estimate of drug-likeness (QED) is 0.0464. The van der Waals surface area contributed by atoms with Crippen molar-refractivity contribution in [2.45, 2.75) is 119 Å². The molecular weight excluding hydrogens is 636 g/mol. The minimum atomic E-state index is -1.57. The van der Waals surface area contributed by atoms with Crippen LogP contribution in [0.1, 0.15) is 94.4 Å². The standard InChI is InChI=1S/C34H62N6O7S/c1-11-15-24(27(41)30(43)36-17-12-2)37-29(42)26-23(22(3)4)16-19-40(26)31(44)28(34(8,9)10)39-32(45)38-25(33(5,6)7)21-35-18-13-14-20-48(46)47/h12,22-26,28,35,46-47H,2,11,13-21H2,1,3-10H3,(H3-,36,37,38,39,42,43,45)/p+1/t23-,24?,25-,26+,28-/m1/s1. The number of amides is 5. The second kappa shape index (κ2) is 20.1. The first-order valence-corrected chi connectivity index (χ1v) is 18.5. The van der Waals surface area contributed by atoms with Crippen molar-refractivity contribution in [2.24, 2.45) is 22.7 Å². The van der Waals surface area contributed by atoms with Gasteiger partial charge in [-0.1, -0.05) is 74.8 Å². The predicted molar refractivity (Wildman–Crippen MR) is 191 cm³/mol. The van der Waals surface area contributed by atoms with Gasteiger partial charge in [0.15, 0.2) is 5.75 Å². The van der Waals surface area contributed by atoms with Crippen molar-refractivity contribution in [1.29, 1.82) is 0 Å². The lowest BCUT2D eigenvalue weighted by molar-refractivity contribution is -0.144. The molecule has 276 valence electrons. The highest BCUT2D eigenvalue weighted by molar-refractivity contribution is 7.85. The van der Waals surface area contributed by atoms with Crippen LogP contribution in [0.3, 0.4) is 0 Å². The highest BCUT2D eigenvalue weighted by Gasteiger charge is 2.47. The van der Waals surface area contributed by atoms with Crippen molar-refractivity contribution in [3.05, 3.63) is 12.7 Å². The molecule has 0 aromatic rings. The van der Waals surface area contributed by atoms with E-state index in [1.54, 1.807) is 0 Å². The third-order valence-electron chi connectivity index (χ3n) is 8.71. The Balaban J connectivity index is 3.18. The molecule has 5 amide bonds. The Morgan fingerprint density at radius 3 is 2.15 bits per heavy atom. The fraction of sp³-hybridized carbons (Fsp3) is 0.794. The lowest BCUT2D eigenvalue weighted by Crippen LogP contribution is -2.62. The van der Waals surface area contributed by atoms with Gasteiger partial charge in [-0.3, -0.25) is 19.2 Å². The van der Waals surface area contributed by atoms with E-state index in [1.165, 1.54) is 11.0 Å². The van der Waals surface area contributed by atoms with Gasteiger partial charge in [0.05, 0.1) is 6.04 Å². The summed E-state index contributed by atoms with van der Waals surface area (Å²) in [5.41, 5.74) is -1.02. The summed E-state index contributed by atoms with van der Waals surface area (Å²) in [6.07, 6.45) is 4.28. The number of hydrogen-bond donors (Lipinski definition) is 7. The minimum absolute atomic E-state index is 0.0493. The molecule has 1 aliphatic heterocycles. The Labute approximate surface area is 291 Å². The smallest absolute Gasteiger partial charge is 0.315 e. The van der Waals surface area contributed by atoms with Crippen LogP contribution in [0.2, 0.25) is 0 Å². The molecule has 14 heteroatoms. The molecule has 0 saturated carbocycles. The molecule has 13 nitrogen and oxygen atoms in total. The van der Waals surface area contributed by atoms with Gasteiger partial charge in [-0.2, -0.15) is 9.11 Å². The molecule has 1 saturated heterocycles. The van der Waals surface area contributed by atoms with Gasteiger partial charge in [0.1, 0.15) is 12.1 Å². The first kappa shape index (κ1) is 43.3. The van der Waals surface area contributed by atoms with Gasteiger partial charge in [0, 0.05) is 25.7 Å². The molecule has 7 N–H and O–H groups in total. The van der Waals surface area contributed by atoms with Crippen LogP contribution in [0, 0.1) is 22.7 Å². The summed E-state index contributed by atoms with van der Waals surface area (Å²) in [5.74, 6) is -2.24. The Bertz CT molecular complexity index is 1090. The Morgan fingerprint density at radius 1 is 0.979 bits per heavy atom. The number of Topliss-reactive ketones (excluding diaryl/α,β-unsaturated/α-hetero) is 1. The summed E-state index contributed by atoms with van der Waals surface area (Å²) < 4.78 is 18.1. The molecule has 0 bridgehead atoms. The second-order valence-corrected chi connectivity index (χ2v) is 16.3. The van der Waals surface area contributed by atoms with Crippen molar-refractivity contribution >= 4 is 41.0 Å². The van der Waals surface area contributed by atoms with E-state index in [4.69, 9.17) is 9.11 Å². The highest BCUT2D eigenvalue weighted by Crippen LogP contribution is 2.33. The summed E-state index contributed by atoms with van der Waals surface area (Å²) >= 11 is -1.57. The van der Waals surface area contributed by atoms with Gasteiger partial charge < -0.3 is 31.5 Å². The van der Waals surface area contributed by atoms with E-state index in [9.17, 15) is 24.0 Å². The van der Waals surface area contributed by atoms with Crippen LogP contribution >= 0.6 is 0 Å². The van der Waals surface area contributed by atoms with Crippen LogP contribution in [-0.4, -0.2) is 99.6 Å². The van der Waals surface area contributed by atoms with Crippen molar-refractivity contribution in [3.63, 3.8) is 0 Å². The number of carbonyl (C=O) groups excluding carboxylic acids is 5. The van der Waals surface area contributed by atoms with E-state index in [0.29, 0.717) is 44.6 Å². The average molecular weight is 700 g/mol. The number of unbranched alkanes of at least 4 members (excludes halogenated alkanes) is 1. The SMILES string of the molecule is C=CCNC(=O)C(=O)C(CCC)NC(=O)[C@@H]1[C@@H](C(C)C)CCN1C(=O)[C@@H](NC(=O)N[C@H](CNCCCC[S+](O)O)C(C)(C)C)C(C)(C)C. The fourth-order valence-electron chi connectivity index (χ4n) is 5.77. The van der Waals surface area contributed by atoms with Gasteiger partial charge in [0.25, 0.3) is 5.91 Å². The molecule has 1 rings (SSSR count). The summed E-state index contributed by atoms with van der Waals surface area (Å²) in [7, 11) is 0.